The number of rotatable bonds is 5. The summed E-state index contributed by atoms with van der Waals surface area (Å²) in [6.07, 6.45) is 3.75. The van der Waals surface area contributed by atoms with Gasteiger partial charge in [0.25, 0.3) is 0 Å². The van der Waals surface area contributed by atoms with E-state index in [1.54, 1.807) is 0 Å². The van der Waals surface area contributed by atoms with Gasteiger partial charge in [0.2, 0.25) is 0 Å². The second-order valence-electron chi connectivity index (χ2n) is 5.21. The maximum Gasteiger partial charge on any atom is 0.326 e. The van der Waals surface area contributed by atoms with Crippen molar-refractivity contribution in [3.8, 4) is 0 Å². The molecule has 1 fully saturated rings. The molecular formula is C12H22N2O3. The first-order valence-corrected chi connectivity index (χ1v) is 6.19. The van der Waals surface area contributed by atoms with Gasteiger partial charge in [-0.05, 0) is 32.1 Å². The molecule has 0 aromatic heterocycles. The van der Waals surface area contributed by atoms with E-state index in [-0.39, 0.29) is 17.5 Å². The first kappa shape index (κ1) is 13.8. The Morgan fingerprint density at radius 2 is 2.00 bits per heavy atom. The van der Waals surface area contributed by atoms with Gasteiger partial charge >= 0.3 is 12.0 Å². The van der Waals surface area contributed by atoms with Gasteiger partial charge in [-0.15, -0.1) is 0 Å². The van der Waals surface area contributed by atoms with Crippen LogP contribution in [0.5, 0.6) is 0 Å². The summed E-state index contributed by atoms with van der Waals surface area (Å²) in [7, 11) is 0. The van der Waals surface area contributed by atoms with Crippen LogP contribution in [0.1, 0.15) is 46.5 Å². The average molecular weight is 242 g/mol. The number of carboxylic acid groups (broad SMARTS) is 1. The van der Waals surface area contributed by atoms with Crippen LogP contribution in [0.4, 0.5) is 4.79 Å². The van der Waals surface area contributed by atoms with Crippen molar-refractivity contribution in [2.24, 2.45) is 5.92 Å². The third-order valence-corrected chi connectivity index (χ3v) is 3.64. The van der Waals surface area contributed by atoms with Crippen LogP contribution in [0.2, 0.25) is 0 Å². The highest BCUT2D eigenvalue weighted by atomic mass is 16.4. The molecule has 1 aliphatic carbocycles. The van der Waals surface area contributed by atoms with Gasteiger partial charge < -0.3 is 15.7 Å². The van der Waals surface area contributed by atoms with Gasteiger partial charge in [-0.3, -0.25) is 0 Å². The zero-order valence-electron chi connectivity index (χ0n) is 10.7. The Hall–Kier alpha value is -1.26. The average Bonchev–Trinajstić information content (AvgIpc) is 2.22. The van der Waals surface area contributed by atoms with Crippen LogP contribution in [-0.4, -0.2) is 28.7 Å². The third kappa shape index (κ3) is 3.61. The van der Waals surface area contributed by atoms with Gasteiger partial charge in [0.15, 0.2) is 0 Å². The zero-order valence-corrected chi connectivity index (χ0v) is 10.7. The Labute approximate surface area is 102 Å². The highest BCUT2D eigenvalue weighted by Crippen LogP contribution is 2.30. The van der Waals surface area contributed by atoms with Crippen LogP contribution in [0.25, 0.3) is 0 Å². The molecule has 17 heavy (non-hydrogen) atoms. The maximum absolute atomic E-state index is 11.7. The number of nitrogens with one attached hydrogen (secondary N) is 2. The van der Waals surface area contributed by atoms with Crippen LogP contribution >= 0.6 is 0 Å². The van der Waals surface area contributed by atoms with E-state index >= 15 is 0 Å². The summed E-state index contributed by atoms with van der Waals surface area (Å²) < 4.78 is 0. The summed E-state index contributed by atoms with van der Waals surface area (Å²) in [5.41, 5.74) is -0.150. The Morgan fingerprint density at radius 1 is 1.41 bits per heavy atom. The van der Waals surface area contributed by atoms with Gasteiger partial charge in [0.1, 0.15) is 6.04 Å². The molecule has 0 spiro atoms. The molecule has 1 saturated carbocycles. The van der Waals surface area contributed by atoms with Crippen molar-refractivity contribution in [2.45, 2.75) is 58.0 Å². The Bertz CT molecular complexity index is 300. The normalized spacial score (nSPS) is 20.9. The molecule has 98 valence electrons. The molecule has 2 amide bonds. The monoisotopic (exact) mass is 242 g/mol. The van der Waals surface area contributed by atoms with Gasteiger partial charge in [-0.2, -0.15) is 0 Å². The number of amides is 2. The molecule has 1 rings (SSSR count). The number of hydrogen-bond acceptors (Lipinski definition) is 2. The second kappa shape index (κ2) is 5.38. The summed E-state index contributed by atoms with van der Waals surface area (Å²) in [5.74, 6) is -1.05. The van der Waals surface area contributed by atoms with E-state index < -0.39 is 12.0 Å². The van der Waals surface area contributed by atoms with Crippen LogP contribution in [0, 0.1) is 5.92 Å². The highest BCUT2D eigenvalue weighted by Gasteiger charge is 2.34. The van der Waals surface area contributed by atoms with Crippen molar-refractivity contribution < 1.29 is 14.7 Å². The summed E-state index contributed by atoms with van der Waals surface area (Å²) in [6.45, 7) is 5.71. The number of carbonyl (C=O) groups excluding carboxylic acids is 1. The molecule has 3 N–H and O–H groups in total. The molecule has 0 radical (unpaired) electrons. The minimum Gasteiger partial charge on any atom is -0.480 e. The number of carbonyl (C=O) groups is 2. The smallest absolute Gasteiger partial charge is 0.326 e. The van der Waals surface area contributed by atoms with E-state index in [2.05, 4.69) is 10.6 Å². The minimum absolute atomic E-state index is 0.0764. The summed E-state index contributed by atoms with van der Waals surface area (Å²) >= 11 is 0. The van der Waals surface area contributed by atoms with Gasteiger partial charge in [0.05, 0.1) is 0 Å². The molecule has 0 aromatic rings. The van der Waals surface area contributed by atoms with Crippen LogP contribution in [-0.2, 0) is 4.79 Å². The molecule has 1 unspecified atom stereocenters. The quantitative estimate of drug-likeness (QED) is 0.687. The zero-order chi connectivity index (χ0) is 13.1. The largest absolute Gasteiger partial charge is 0.480 e. The molecule has 5 nitrogen and oxygen atoms in total. The van der Waals surface area contributed by atoms with Gasteiger partial charge in [-0.25, -0.2) is 9.59 Å². The standard InChI is InChI=1S/C12H22N2O3/c1-4-8(2)9(10(15)16)13-11(17)14-12(3)6-5-7-12/h8-9H,4-7H2,1-3H3,(H,15,16)(H2,13,14,17)/t8?,9-/m0/s1. The fourth-order valence-electron chi connectivity index (χ4n) is 1.97. The summed E-state index contributed by atoms with van der Waals surface area (Å²) in [4.78, 5) is 22.7. The summed E-state index contributed by atoms with van der Waals surface area (Å²) in [5, 5.41) is 14.4. The molecule has 0 aliphatic heterocycles. The van der Waals surface area contributed by atoms with Crippen LogP contribution < -0.4 is 10.6 Å². The van der Waals surface area contributed by atoms with Crippen molar-refractivity contribution in [3.05, 3.63) is 0 Å². The highest BCUT2D eigenvalue weighted by molar-refractivity contribution is 5.83. The number of hydrogen-bond donors (Lipinski definition) is 3. The molecule has 0 bridgehead atoms. The Kier molecular flexibility index (Phi) is 4.37. The number of aliphatic carboxylic acids is 1. The van der Waals surface area contributed by atoms with Crippen LogP contribution in [0.15, 0.2) is 0 Å². The van der Waals surface area contributed by atoms with E-state index in [0.717, 1.165) is 19.3 Å². The fourth-order valence-corrected chi connectivity index (χ4v) is 1.97. The lowest BCUT2D eigenvalue weighted by atomic mass is 9.79. The first-order valence-electron chi connectivity index (χ1n) is 6.19. The molecule has 0 aromatic carbocycles. The lowest BCUT2D eigenvalue weighted by Crippen LogP contribution is -2.57. The van der Waals surface area contributed by atoms with Crippen molar-refractivity contribution in [2.75, 3.05) is 0 Å². The van der Waals surface area contributed by atoms with Crippen molar-refractivity contribution in [1.29, 1.82) is 0 Å². The van der Waals surface area contributed by atoms with Crippen molar-refractivity contribution >= 4 is 12.0 Å². The van der Waals surface area contributed by atoms with Crippen LogP contribution in [0.3, 0.4) is 0 Å². The lowest BCUT2D eigenvalue weighted by Gasteiger charge is -2.39. The first-order chi connectivity index (χ1) is 7.88. The molecular weight excluding hydrogens is 220 g/mol. The summed E-state index contributed by atoms with van der Waals surface area (Å²) in [6, 6.07) is -1.19. The predicted octanol–water partition coefficient (Wildman–Crippen LogP) is 1.73. The number of carboxylic acids is 1. The van der Waals surface area contributed by atoms with E-state index in [1.807, 2.05) is 20.8 Å². The topological polar surface area (TPSA) is 78.4 Å². The number of urea groups is 1. The second-order valence-corrected chi connectivity index (χ2v) is 5.21. The van der Waals surface area contributed by atoms with Crippen molar-refractivity contribution in [3.63, 3.8) is 0 Å². The fraction of sp³-hybridized carbons (Fsp3) is 0.833. The maximum atomic E-state index is 11.7. The Balaban J connectivity index is 2.49. The van der Waals surface area contributed by atoms with E-state index in [9.17, 15) is 9.59 Å². The minimum atomic E-state index is -0.978. The Morgan fingerprint density at radius 3 is 2.35 bits per heavy atom. The molecule has 0 heterocycles. The van der Waals surface area contributed by atoms with Crippen molar-refractivity contribution in [1.82, 2.24) is 10.6 Å². The van der Waals surface area contributed by atoms with E-state index in [1.165, 1.54) is 0 Å². The predicted molar refractivity (Wildman–Crippen MR) is 64.8 cm³/mol. The lowest BCUT2D eigenvalue weighted by molar-refractivity contribution is -0.140. The molecule has 5 heteroatoms. The van der Waals surface area contributed by atoms with E-state index in [4.69, 9.17) is 5.11 Å². The molecule has 0 saturated heterocycles. The third-order valence-electron chi connectivity index (χ3n) is 3.64. The molecule has 1 aliphatic rings. The SMILES string of the molecule is CCC(C)[C@H](NC(=O)NC1(C)CCC1)C(=O)O. The van der Waals surface area contributed by atoms with Gasteiger partial charge in [0, 0.05) is 5.54 Å². The van der Waals surface area contributed by atoms with Gasteiger partial charge in [-0.1, -0.05) is 20.3 Å². The molecule has 2 atom stereocenters. The van der Waals surface area contributed by atoms with E-state index in [0.29, 0.717) is 6.42 Å².